The molecule has 0 aliphatic carbocycles. The van der Waals surface area contributed by atoms with E-state index in [4.69, 9.17) is 11.6 Å². The molecule has 9 heteroatoms. The van der Waals surface area contributed by atoms with Crippen LogP contribution in [0.3, 0.4) is 0 Å². The van der Waals surface area contributed by atoms with Crippen molar-refractivity contribution in [2.24, 2.45) is 0 Å². The lowest BCUT2D eigenvalue weighted by Crippen LogP contribution is -2.13. The maximum absolute atomic E-state index is 12.7. The molecule has 0 saturated heterocycles. The minimum Gasteiger partial charge on any atom is -0.339 e. The summed E-state index contributed by atoms with van der Waals surface area (Å²) in [5.41, 5.74) is -1.17. The highest BCUT2D eigenvalue weighted by molar-refractivity contribution is 14.1. The molecule has 106 valence electrons. The van der Waals surface area contributed by atoms with Crippen LogP contribution < -0.4 is 10.9 Å². The molecular formula is C11H6ClF3IN3O. The van der Waals surface area contributed by atoms with Crippen molar-refractivity contribution in [2.45, 2.75) is 6.18 Å². The van der Waals surface area contributed by atoms with E-state index in [9.17, 15) is 18.0 Å². The van der Waals surface area contributed by atoms with E-state index in [1.54, 1.807) is 22.6 Å². The van der Waals surface area contributed by atoms with Crippen LogP contribution in [0.1, 0.15) is 5.56 Å². The van der Waals surface area contributed by atoms with Gasteiger partial charge in [-0.25, -0.2) is 4.98 Å². The van der Waals surface area contributed by atoms with Crippen molar-refractivity contribution in [2.75, 3.05) is 5.32 Å². The number of aromatic amines is 1. The minimum atomic E-state index is -4.50. The third-order valence-electron chi connectivity index (χ3n) is 2.28. The van der Waals surface area contributed by atoms with E-state index in [0.717, 1.165) is 18.5 Å². The summed E-state index contributed by atoms with van der Waals surface area (Å²) in [5.74, 6) is 0.157. The Hall–Kier alpha value is -1.29. The van der Waals surface area contributed by atoms with Crippen LogP contribution in [0.4, 0.5) is 24.7 Å². The number of alkyl halides is 3. The Balaban J connectivity index is 2.42. The molecule has 0 aliphatic heterocycles. The van der Waals surface area contributed by atoms with Crippen LogP contribution in [-0.4, -0.2) is 9.97 Å². The molecule has 2 rings (SSSR count). The number of nitrogens with zero attached hydrogens (tertiary/aromatic N) is 1. The maximum Gasteiger partial charge on any atom is 0.416 e. The van der Waals surface area contributed by atoms with Crippen molar-refractivity contribution in [3.63, 3.8) is 0 Å². The number of H-pyrrole nitrogens is 1. The average Bonchev–Trinajstić information content (AvgIpc) is 2.33. The lowest BCUT2D eigenvalue weighted by molar-refractivity contribution is -0.137. The predicted molar refractivity (Wildman–Crippen MR) is 77.3 cm³/mol. The van der Waals surface area contributed by atoms with Gasteiger partial charge in [-0.05, 0) is 40.8 Å². The molecule has 0 fully saturated rings. The SMILES string of the molecule is O=c1[nH]cnc(Nc2cc(Cl)cc(C(F)(F)F)c2)c1I. The first-order valence-corrected chi connectivity index (χ1v) is 6.61. The maximum atomic E-state index is 12.7. The van der Waals surface area contributed by atoms with Gasteiger partial charge < -0.3 is 10.3 Å². The topological polar surface area (TPSA) is 57.8 Å². The van der Waals surface area contributed by atoms with Crippen LogP contribution in [-0.2, 0) is 6.18 Å². The fourth-order valence-corrected chi connectivity index (χ4v) is 2.10. The van der Waals surface area contributed by atoms with Crippen LogP contribution in [0.15, 0.2) is 29.3 Å². The molecule has 2 N–H and O–H groups in total. The summed E-state index contributed by atoms with van der Waals surface area (Å²) in [7, 11) is 0. The van der Waals surface area contributed by atoms with Crippen molar-refractivity contribution in [1.82, 2.24) is 9.97 Å². The molecule has 4 nitrogen and oxygen atoms in total. The van der Waals surface area contributed by atoms with Gasteiger partial charge in [-0.2, -0.15) is 13.2 Å². The minimum absolute atomic E-state index is 0.0674. The molecular weight excluding hydrogens is 409 g/mol. The van der Waals surface area contributed by atoms with Gasteiger partial charge in [0.05, 0.1) is 11.9 Å². The first-order valence-electron chi connectivity index (χ1n) is 5.15. The van der Waals surface area contributed by atoms with Gasteiger partial charge in [0.25, 0.3) is 5.56 Å². The predicted octanol–water partition coefficient (Wildman–Crippen LogP) is 3.79. The van der Waals surface area contributed by atoms with Crippen molar-refractivity contribution in [1.29, 1.82) is 0 Å². The zero-order valence-electron chi connectivity index (χ0n) is 9.55. The van der Waals surface area contributed by atoms with Gasteiger partial charge in [-0.15, -0.1) is 0 Å². The van der Waals surface area contributed by atoms with Crippen molar-refractivity contribution >= 4 is 45.7 Å². The summed E-state index contributed by atoms with van der Waals surface area (Å²) in [4.78, 5) is 17.6. The Morgan fingerprint density at radius 3 is 2.65 bits per heavy atom. The fourth-order valence-electron chi connectivity index (χ4n) is 1.43. The summed E-state index contributed by atoms with van der Waals surface area (Å²) < 4.78 is 38.2. The molecule has 0 aliphatic rings. The Kier molecular flexibility index (Phi) is 4.23. The van der Waals surface area contributed by atoms with Crippen LogP contribution in [0.2, 0.25) is 5.02 Å². The summed E-state index contributed by atoms with van der Waals surface area (Å²) >= 11 is 7.40. The smallest absolute Gasteiger partial charge is 0.339 e. The van der Waals surface area contributed by atoms with E-state index < -0.39 is 11.7 Å². The molecule has 20 heavy (non-hydrogen) atoms. The van der Waals surface area contributed by atoms with Crippen LogP contribution in [0.5, 0.6) is 0 Å². The zero-order chi connectivity index (χ0) is 14.9. The normalized spacial score (nSPS) is 11.4. The number of nitrogens with one attached hydrogen (secondary N) is 2. The molecule has 1 aromatic heterocycles. The molecule has 0 radical (unpaired) electrons. The first kappa shape index (κ1) is 15.1. The molecule has 0 spiro atoms. The standard InChI is InChI=1S/C11H6ClF3IN3O/c12-6-1-5(11(13,14)15)2-7(3-6)19-9-8(16)10(20)18-4-17-9/h1-4H,(H2,17,18,19,20). The largest absolute Gasteiger partial charge is 0.416 e. The van der Waals surface area contributed by atoms with E-state index in [2.05, 4.69) is 15.3 Å². The summed E-state index contributed by atoms with van der Waals surface area (Å²) in [6, 6.07) is 3.03. The Morgan fingerprint density at radius 2 is 2.00 bits per heavy atom. The summed E-state index contributed by atoms with van der Waals surface area (Å²) in [5, 5.41) is 2.58. The molecule has 0 amide bonds. The van der Waals surface area contributed by atoms with Crippen molar-refractivity contribution in [3.8, 4) is 0 Å². The number of hydrogen-bond donors (Lipinski definition) is 2. The Labute approximate surface area is 129 Å². The molecule has 1 heterocycles. The number of anilines is 2. The second kappa shape index (κ2) is 5.60. The van der Waals surface area contributed by atoms with Crippen LogP contribution >= 0.6 is 34.2 Å². The zero-order valence-corrected chi connectivity index (χ0v) is 12.5. The molecule has 0 saturated carbocycles. The van der Waals surface area contributed by atoms with Gasteiger partial charge in [0, 0.05) is 10.7 Å². The van der Waals surface area contributed by atoms with Gasteiger partial charge >= 0.3 is 6.18 Å². The number of hydrogen-bond acceptors (Lipinski definition) is 3. The number of benzene rings is 1. The second-order valence-electron chi connectivity index (χ2n) is 3.75. The van der Waals surface area contributed by atoms with E-state index in [0.29, 0.717) is 0 Å². The number of rotatable bonds is 2. The molecule has 0 bridgehead atoms. The second-order valence-corrected chi connectivity index (χ2v) is 5.26. The quantitative estimate of drug-likeness (QED) is 0.734. The van der Waals surface area contributed by atoms with Crippen LogP contribution in [0.25, 0.3) is 0 Å². The van der Waals surface area contributed by atoms with Gasteiger partial charge in [0.1, 0.15) is 3.57 Å². The van der Waals surface area contributed by atoms with E-state index in [1.165, 1.54) is 6.07 Å². The third-order valence-corrected chi connectivity index (χ3v) is 3.50. The Morgan fingerprint density at radius 1 is 1.30 bits per heavy atom. The van der Waals surface area contributed by atoms with Gasteiger partial charge in [-0.1, -0.05) is 11.6 Å². The van der Waals surface area contributed by atoms with Gasteiger partial charge in [0.2, 0.25) is 0 Å². The highest BCUT2D eigenvalue weighted by atomic mass is 127. The first-order chi connectivity index (χ1) is 9.27. The highest BCUT2D eigenvalue weighted by Crippen LogP contribution is 2.34. The lowest BCUT2D eigenvalue weighted by atomic mass is 10.2. The Bertz CT molecular complexity index is 702. The molecule has 0 atom stereocenters. The van der Waals surface area contributed by atoms with E-state index >= 15 is 0 Å². The molecule has 2 aromatic rings. The van der Waals surface area contributed by atoms with E-state index in [-0.39, 0.29) is 25.7 Å². The van der Waals surface area contributed by atoms with Crippen molar-refractivity contribution in [3.05, 3.63) is 49.0 Å². The van der Waals surface area contributed by atoms with Crippen molar-refractivity contribution < 1.29 is 13.2 Å². The fraction of sp³-hybridized carbons (Fsp3) is 0.0909. The average molecular weight is 416 g/mol. The van der Waals surface area contributed by atoms with Crippen LogP contribution in [0, 0.1) is 3.57 Å². The van der Waals surface area contributed by atoms with Gasteiger partial charge in [0.15, 0.2) is 5.82 Å². The summed E-state index contributed by atoms with van der Waals surface area (Å²) in [6.07, 6.45) is -3.35. The molecule has 1 aromatic carbocycles. The third kappa shape index (κ3) is 3.42. The molecule has 0 unspecified atom stereocenters. The van der Waals surface area contributed by atoms with E-state index in [1.807, 2.05) is 0 Å². The highest BCUT2D eigenvalue weighted by Gasteiger charge is 2.31. The lowest BCUT2D eigenvalue weighted by Gasteiger charge is -2.11. The number of halogens is 5. The number of aromatic nitrogens is 2. The monoisotopic (exact) mass is 415 g/mol. The van der Waals surface area contributed by atoms with Gasteiger partial charge in [-0.3, -0.25) is 4.79 Å². The summed E-state index contributed by atoms with van der Waals surface area (Å²) in [6.45, 7) is 0.